The number of amides is 2. The van der Waals surface area contributed by atoms with E-state index in [0.717, 1.165) is 24.0 Å². The van der Waals surface area contributed by atoms with Crippen LogP contribution in [0.2, 0.25) is 0 Å². The van der Waals surface area contributed by atoms with Crippen LogP contribution in [0.1, 0.15) is 23.3 Å². The van der Waals surface area contributed by atoms with Crippen LogP contribution in [0.25, 0.3) is 22.0 Å². The van der Waals surface area contributed by atoms with Crippen LogP contribution in [-0.4, -0.2) is 32.0 Å². The molecular weight excluding hydrogens is 487 g/mol. The number of hydrogen-bond donors (Lipinski definition) is 3. The Balaban J connectivity index is 1.19. The molecule has 0 spiro atoms. The Bertz CT molecular complexity index is 1660. The van der Waals surface area contributed by atoms with Crippen LogP contribution in [-0.2, 0) is 4.79 Å². The molecule has 1 aliphatic carbocycles. The second-order valence-corrected chi connectivity index (χ2v) is 8.93. The van der Waals surface area contributed by atoms with Crippen LogP contribution in [0.4, 0.5) is 15.8 Å². The third kappa shape index (κ3) is 4.92. The number of pyridine rings is 2. The lowest BCUT2D eigenvalue weighted by Gasteiger charge is -2.08. The van der Waals surface area contributed by atoms with Gasteiger partial charge in [-0.15, -0.1) is 0 Å². The number of halogens is 1. The van der Waals surface area contributed by atoms with E-state index in [4.69, 9.17) is 4.74 Å². The van der Waals surface area contributed by atoms with E-state index < -0.39 is 11.7 Å². The number of benzene rings is 2. The normalized spacial score (nSPS) is 12.8. The molecule has 3 N–H and O–H groups in total. The summed E-state index contributed by atoms with van der Waals surface area (Å²) in [4.78, 5) is 33.6. The van der Waals surface area contributed by atoms with E-state index >= 15 is 0 Å². The molecule has 10 heteroatoms. The number of para-hydroxylation sites is 1. The maximum atomic E-state index is 13.8. The quantitative estimate of drug-likeness (QED) is 0.265. The minimum Gasteiger partial charge on any atom is -0.436 e. The second kappa shape index (κ2) is 9.74. The average molecular weight is 509 g/mol. The molecule has 188 valence electrons. The number of anilines is 2. The van der Waals surface area contributed by atoms with Crippen molar-refractivity contribution < 1.29 is 18.7 Å². The molecule has 0 unspecified atom stereocenters. The number of hydrogen-bond acceptors (Lipinski definition) is 6. The third-order valence-corrected chi connectivity index (χ3v) is 6.11. The summed E-state index contributed by atoms with van der Waals surface area (Å²) < 4.78 is 19.3. The van der Waals surface area contributed by atoms with Gasteiger partial charge in [-0.25, -0.2) is 9.37 Å². The van der Waals surface area contributed by atoms with Crippen molar-refractivity contribution >= 4 is 34.1 Å². The molecule has 1 aliphatic rings. The number of rotatable bonds is 7. The molecule has 38 heavy (non-hydrogen) atoms. The standard InChI is InChI=1S/C28H21FN6O3/c29-22-3-1-2-4-24(22)38-25-10-8-19(15-31-25)32-28(37)26-21-12-17(7-9-23(21)34-35-26)18-11-20(14-30-13-18)33-27(36)16-5-6-16/h1-4,7-16H,5-6H2,(H,32,37)(H,33,36)(H,34,35). The van der Waals surface area contributed by atoms with Gasteiger partial charge in [0.25, 0.3) is 5.91 Å². The lowest BCUT2D eigenvalue weighted by molar-refractivity contribution is -0.117. The van der Waals surface area contributed by atoms with E-state index in [9.17, 15) is 14.0 Å². The largest absolute Gasteiger partial charge is 0.436 e. The van der Waals surface area contributed by atoms with Gasteiger partial charge in [0, 0.05) is 29.1 Å². The van der Waals surface area contributed by atoms with E-state index in [1.54, 1.807) is 30.6 Å². The summed E-state index contributed by atoms with van der Waals surface area (Å²) in [7, 11) is 0. The number of carbonyl (C=O) groups is 2. The third-order valence-electron chi connectivity index (χ3n) is 6.11. The molecule has 3 aromatic heterocycles. The van der Waals surface area contributed by atoms with Crippen LogP contribution in [0.3, 0.4) is 0 Å². The van der Waals surface area contributed by atoms with Crippen LogP contribution >= 0.6 is 0 Å². The molecule has 2 amide bonds. The summed E-state index contributed by atoms with van der Waals surface area (Å²) >= 11 is 0. The number of fused-ring (bicyclic) bond motifs is 1. The van der Waals surface area contributed by atoms with E-state index in [1.807, 2.05) is 24.3 Å². The van der Waals surface area contributed by atoms with Gasteiger partial charge >= 0.3 is 0 Å². The molecule has 0 saturated heterocycles. The number of ether oxygens (including phenoxy) is 1. The van der Waals surface area contributed by atoms with Crippen LogP contribution in [0.15, 0.2) is 79.3 Å². The van der Waals surface area contributed by atoms with Gasteiger partial charge in [-0.2, -0.15) is 5.10 Å². The predicted octanol–water partition coefficient (Wildman–Crippen LogP) is 5.55. The minimum absolute atomic E-state index is 0.00880. The van der Waals surface area contributed by atoms with Gasteiger partial charge in [0.15, 0.2) is 17.3 Å². The van der Waals surface area contributed by atoms with Crippen molar-refractivity contribution in [1.29, 1.82) is 0 Å². The monoisotopic (exact) mass is 508 g/mol. The maximum absolute atomic E-state index is 13.8. The highest BCUT2D eigenvalue weighted by atomic mass is 19.1. The van der Waals surface area contributed by atoms with Crippen LogP contribution < -0.4 is 15.4 Å². The van der Waals surface area contributed by atoms with Gasteiger partial charge in [0.1, 0.15) is 0 Å². The van der Waals surface area contributed by atoms with Gasteiger partial charge < -0.3 is 15.4 Å². The molecular formula is C28H21FN6O3. The minimum atomic E-state index is -0.498. The van der Waals surface area contributed by atoms with Gasteiger partial charge in [-0.1, -0.05) is 18.2 Å². The summed E-state index contributed by atoms with van der Waals surface area (Å²) in [6.07, 6.45) is 6.57. The first-order valence-corrected chi connectivity index (χ1v) is 12.0. The summed E-state index contributed by atoms with van der Waals surface area (Å²) in [5.74, 6) is -0.584. The fraction of sp³-hybridized carbons (Fsp3) is 0.107. The molecule has 0 aliphatic heterocycles. The highest BCUT2D eigenvalue weighted by Crippen LogP contribution is 2.31. The Morgan fingerprint density at radius 2 is 1.79 bits per heavy atom. The smallest absolute Gasteiger partial charge is 0.276 e. The first-order valence-electron chi connectivity index (χ1n) is 12.0. The van der Waals surface area contributed by atoms with Crippen molar-refractivity contribution in [3.05, 3.63) is 90.8 Å². The van der Waals surface area contributed by atoms with Gasteiger partial charge in [-0.3, -0.25) is 19.7 Å². The van der Waals surface area contributed by atoms with Crippen molar-refractivity contribution in [1.82, 2.24) is 20.2 Å². The number of aromatic amines is 1. The van der Waals surface area contributed by atoms with Gasteiger partial charge in [-0.05, 0) is 54.8 Å². The first-order chi connectivity index (χ1) is 18.5. The van der Waals surface area contributed by atoms with E-state index in [-0.39, 0.29) is 29.1 Å². The molecule has 0 bridgehead atoms. The number of nitrogens with one attached hydrogen (secondary N) is 3. The average Bonchev–Trinajstić information content (AvgIpc) is 3.70. The Labute approximate surface area is 216 Å². The van der Waals surface area contributed by atoms with Crippen molar-refractivity contribution in [3.63, 3.8) is 0 Å². The topological polar surface area (TPSA) is 122 Å². The molecule has 0 atom stereocenters. The Morgan fingerprint density at radius 1 is 0.921 bits per heavy atom. The number of nitrogens with zero attached hydrogens (tertiary/aromatic N) is 3. The fourth-order valence-electron chi connectivity index (χ4n) is 3.97. The zero-order valence-electron chi connectivity index (χ0n) is 19.9. The highest BCUT2D eigenvalue weighted by molar-refractivity contribution is 6.11. The number of aromatic nitrogens is 4. The lowest BCUT2D eigenvalue weighted by atomic mass is 10.0. The van der Waals surface area contributed by atoms with Crippen molar-refractivity contribution in [2.24, 2.45) is 5.92 Å². The number of carbonyl (C=O) groups excluding carboxylic acids is 2. The number of H-pyrrole nitrogens is 1. The van der Waals surface area contributed by atoms with E-state index in [0.29, 0.717) is 22.3 Å². The fourth-order valence-corrected chi connectivity index (χ4v) is 3.97. The SMILES string of the molecule is O=C(Nc1ccc(Oc2ccccc2F)nc1)c1n[nH]c2ccc(-c3cncc(NC(=O)C4CC4)c3)cc12. The summed E-state index contributed by atoms with van der Waals surface area (Å²) in [5, 5.41) is 13.4. The maximum Gasteiger partial charge on any atom is 0.276 e. The highest BCUT2D eigenvalue weighted by Gasteiger charge is 2.29. The lowest BCUT2D eigenvalue weighted by Crippen LogP contribution is -2.13. The van der Waals surface area contributed by atoms with Crippen molar-refractivity contribution in [3.8, 4) is 22.8 Å². The van der Waals surface area contributed by atoms with E-state index in [1.165, 1.54) is 24.4 Å². The molecule has 9 nitrogen and oxygen atoms in total. The van der Waals surface area contributed by atoms with Crippen molar-refractivity contribution in [2.75, 3.05) is 10.6 Å². The molecule has 3 heterocycles. The molecule has 6 rings (SSSR count). The first kappa shape index (κ1) is 23.3. The molecule has 1 fully saturated rings. The second-order valence-electron chi connectivity index (χ2n) is 8.93. The summed E-state index contributed by atoms with van der Waals surface area (Å²) in [6.45, 7) is 0. The molecule has 0 radical (unpaired) electrons. The summed E-state index contributed by atoms with van der Waals surface area (Å²) in [6, 6.07) is 16.6. The molecule has 2 aromatic carbocycles. The predicted molar refractivity (Wildman–Crippen MR) is 139 cm³/mol. The zero-order valence-corrected chi connectivity index (χ0v) is 19.9. The Kier molecular flexibility index (Phi) is 5.97. The van der Waals surface area contributed by atoms with Crippen LogP contribution in [0, 0.1) is 11.7 Å². The summed E-state index contributed by atoms with van der Waals surface area (Å²) in [5.41, 5.74) is 3.56. The molecule has 5 aromatic rings. The van der Waals surface area contributed by atoms with Crippen LogP contribution in [0.5, 0.6) is 11.6 Å². The molecule has 1 saturated carbocycles. The van der Waals surface area contributed by atoms with Gasteiger partial charge in [0.05, 0.1) is 29.3 Å². The van der Waals surface area contributed by atoms with Gasteiger partial charge in [0.2, 0.25) is 11.8 Å². The zero-order chi connectivity index (χ0) is 26.1. The Hall–Kier alpha value is -5.12. The van der Waals surface area contributed by atoms with Crippen molar-refractivity contribution in [2.45, 2.75) is 12.8 Å². The van der Waals surface area contributed by atoms with E-state index in [2.05, 4.69) is 30.8 Å². The Morgan fingerprint density at radius 3 is 2.58 bits per heavy atom.